The van der Waals surface area contributed by atoms with Crippen molar-refractivity contribution in [3.05, 3.63) is 71.5 Å². The zero-order chi connectivity index (χ0) is 20.1. The van der Waals surface area contributed by atoms with Crippen LogP contribution in [0.15, 0.2) is 54.6 Å². The fourth-order valence-corrected chi connectivity index (χ4v) is 4.22. The highest BCUT2D eigenvalue weighted by Crippen LogP contribution is 2.25. The Kier molecular flexibility index (Phi) is 6.54. The van der Waals surface area contributed by atoms with Gasteiger partial charge < -0.3 is 15.0 Å². The summed E-state index contributed by atoms with van der Waals surface area (Å²) < 4.78 is 19.6. The van der Waals surface area contributed by atoms with Crippen LogP contribution in [0.3, 0.4) is 0 Å². The summed E-state index contributed by atoms with van der Waals surface area (Å²) >= 11 is 0. The van der Waals surface area contributed by atoms with Crippen molar-refractivity contribution in [1.29, 1.82) is 0 Å². The van der Waals surface area contributed by atoms with Crippen molar-refractivity contribution in [1.82, 2.24) is 15.1 Å². The maximum absolute atomic E-state index is 13.7. The second-order valence-corrected chi connectivity index (χ2v) is 7.78. The Balaban J connectivity index is 1.38. The average Bonchev–Trinajstić information content (AvgIpc) is 2.75. The number of ether oxygens (including phenoxy) is 1. The number of benzene rings is 2. The third-order valence-corrected chi connectivity index (χ3v) is 5.67. The summed E-state index contributed by atoms with van der Waals surface area (Å²) in [6.45, 7) is 5.15. The van der Waals surface area contributed by atoms with Crippen LogP contribution in [0.1, 0.15) is 23.6 Å². The van der Waals surface area contributed by atoms with Gasteiger partial charge in [0.2, 0.25) is 5.91 Å². The van der Waals surface area contributed by atoms with Crippen LogP contribution in [0.2, 0.25) is 0 Å². The summed E-state index contributed by atoms with van der Waals surface area (Å²) in [5.74, 6) is -0.194. The van der Waals surface area contributed by atoms with Gasteiger partial charge in [0.1, 0.15) is 5.82 Å². The number of nitrogens with zero attached hydrogens (tertiary/aromatic N) is 2. The van der Waals surface area contributed by atoms with E-state index in [2.05, 4.69) is 22.3 Å². The first-order valence-corrected chi connectivity index (χ1v) is 10.3. The fourth-order valence-electron chi connectivity index (χ4n) is 4.22. The Morgan fingerprint density at radius 1 is 1.14 bits per heavy atom. The first-order chi connectivity index (χ1) is 14.2. The SMILES string of the molecule is O=C(CC1CN(Cc2ccccc2)CCO1)N1CCNCC1c1cccc(F)c1. The maximum atomic E-state index is 13.7. The number of halogens is 1. The third-order valence-electron chi connectivity index (χ3n) is 5.67. The van der Waals surface area contributed by atoms with Gasteiger partial charge in [0.05, 0.1) is 25.2 Å². The largest absolute Gasteiger partial charge is 0.375 e. The Labute approximate surface area is 171 Å². The molecule has 2 aromatic rings. The molecule has 0 bridgehead atoms. The number of hydrogen-bond acceptors (Lipinski definition) is 4. The Bertz CT molecular complexity index is 817. The summed E-state index contributed by atoms with van der Waals surface area (Å²) in [5, 5.41) is 3.32. The van der Waals surface area contributed by atoms with Gasteiger partial charge in [-0.2, -0.15) is 0 Å². The molecule has 0 aliphatic carbocycles. The lowest BCUT2D eigenvalue weighted by Gasteiger charge is -2.38. The van der Waals surface area contributed by atoms with E-state index in [1.165, 1.54) is 17.7 Å². The summed E-state index contributed by atoms with van der Waals surface area (Å²) in [6, 6.07) is 16.8. The number of morpholine rings is 1. The van der Waals surface area contributed by atoms with Crippen molar-refractivity contribution >= 4 is 5.91 Å². The lowest BCUT2D eigenvalue weighted by molar-refractivity contribution is -0.139. The van der Waals surface area contributed by atoms with Crippen LogP contribution in [0.4, 0.5) is 4.39 Å². The molecular formula is C23H28FN3O2. The molecule has 2 fully saturated rings. The molecule has 2 atom stereocenters. The van der Waals surface area contributed by atoms with Crippen LogP contribution in [-0.2, 0) is 16.1 Å². The minimum absolute atomic E-state index is 0.0762. The molecule has 29 heavy (non-hydrogen) atoms. The molecule has 2 saturated heterocycles. The van der Waals surface area contributed by atoms with Gasteiger partial charge in [-0.15, -0.1) is 0 Å². The van der Waals surface area contributed by atoms with Crippen LogP contribution in [-0.4, -0.2) is 61.1 Å². The van der Waals surface area contributed by atoms with E-state index >= 15 is 0 Å². The summed E-state index contributed by atoms with van der Waals surface area (Å²) in [7, 11) is 0. The van der Waals surface area contributed by atoms with Crippen LogP contribution in [0.5, 0.6) is 0 Å². The highest BCUT2D eigenvalue weighted by Gasteiger charge is 2.31. The molecule has 2 aromatic carbocycles. The van der Waals surface area contributed by atoms with E-state index in [1.807, 2.05) is 29.2 Å². The number of carbonyl (C=O) groups excluding carboxylic acids is 1. The molecule has 154 valence electrons. The van der Waals surface area contributed by atoms with E-state index in [9.17, 15) is 9.18 Å². The highest BCUT2D eigenvalue weighted by atomic mass is 19.1. The molecule has 2 aliphatic heterocycles. The van der Waals surface area contributed by atoms with Gasteiger partial charge in [-0.05, 0) is 23.3 Å². The molecule has 4 rings (SSSR count). The van der Waals surface area contributed by atoms with E-state index in [0.717, 1.165) is 31.7 Å². The number of nitrogens with one attached hydrogen (secondary N) is 1. The third kappa shape index (κ3) is 5.21. The average molecular weight is 397 g/mol. The van der Waals surface area contributed by atoms with Crippen molar-refractivity contribution in [3.8, 4) is 0 Å². The first kappa shape index (κ1) is 20.0. The smallest absolute Gasteiger partial charge is 0.225 e. The normalized spacial score (nSPS) is 23.1. The minimum Gasteiger partial charge on any atom is -0.375 e. The molecule has 0 radical (unpaired) electrons. The van der Waals surface area contributed by atoms with Crippen molar-refractivity contribution in [2.24, 2.45) is 0 Å². The van der Waals surface area contributed by atoms with Crippen molar-refractivity contribution < 1.29 is 13.9 Å². The molecule has 0 saturated carbocycles. The molecule has 2 unspecified atom stereocenters. The molecule has 0 aromatic heterocycles. The molecule has 0 spiro atoms. The van der Waals surface area contributed by atoms with Gasteiger partial charge in [0, 0.05) is 39.3 Å². The monoisotopic (exact) mass is 397 g/mol. The quantitative estimate of drug-likeness (QED) is 0.842. The lowest BCUT2D eigenvalue weighted by Crippen LogP contribution is -2.50. The van der Waals surface area contributed by atoms with Gasteiger partial charge >= 0.3 is 0 Å². The van der Waals surface area contributed by atoms with Crippen LogP contribution in [0.25, 0.3) is 0 Å². The Hall–Kier alpha value is -2.28. The summed E-state index contributed by atoms with van der Waals surface area (Å²) in [4.78, 5) is 17.3. The minimum atomic E-state index is -0.271. The Morgan fingerprint density at radius 2 is 2.00 bits per heavy atom. The molecule has 5 nitrogen and oxygen atoms in total. The molecule has 1 N–H and O–H groups in total. The zero-order valence-corrected chi connectivity index (χ0v) is 16.6. The molecule has 2 aliphatic rings. The topological polar surface area (TPSA) is 44.8 Å². The van der Waals surface area contributed by atoms with Crippen LogP contribution >= 0.6 is 0 Å². The second kappa shape index (κ2) is 9.48. The predicted molar refractivity (Wildman–Crippen MR) is 110 cm³/mol. The van der Waals surface area contributed by atoms with Crippen molar-refractivity contribution in [2.75, 3.05) is 39.3 Å². The molecular weight excluding hydrogens is 369 g/mol. The van der Waals surface area contributed by atoms with Crippen LogP contribution < -0.4 is 5.32 Å². The van der Waals surface area contributed by atoms with E-state index in [-0.39, 0.29) is 23.9 Å². The van der Waals surface area contributed by atoms with Gasteiger partial charge in [-0.3, -0.25) is 9.69 Å². The number of carbonyl (C=O) groups is 1. The first-order valence-electron chi connectivity index (χ1n) is 10.3. The fraction of sp³-hybridized carbons (Fsp3) is 0.435. The van der Waals surface area contributed by atoms with E-state index in [0.29, 0.717) is 26.1 Å². The molecule has 2 heterocycles. The summed E-state index contributed by atoms with van der Waals surface area (Å²) in [5.41, 5.74) is 2.11. The maximum Gasteiger partial charge on any atom is 0.225 e. The molecule has 6 heteroatoms. The standard InChI is InChI=1S/C23H28FN3O2/c24-20-8-4-7-19(13-20)22-15-25-9-10-27(22)23(28)14-21-17-26(11-12-29-21)16-18-5-2-1-3-6-18/h1-8,13,21-22,25H,9-12,14-17H2. The van der Waals surface area contributed by atoms with Gasteiger partial charge in [0.15, 0.2) is 0 Å². The van der Waals surface area contributed by atoms with Gasteiger partial charge in [-0.25, -0.2) is 4.39 Å². The van der Waals surface area contributed by atoms with Gasteiger partial charge in [-0.1, -0.05) is 42.5 Å². The number of rotatable bonds is 5. The van der Waals surface area contributed by atoms with E-state index in [4.69, 9.17) is 4.74 Å². The van der Waals surface area contributed by atoms with Crippen molar-refractivity contribution in [3.63, 3.8) is 0 Å². The van der Waals surface area contributed by atoms with Crippen LogP contribution in [0, 0.1) is 5.82 Å². The number of hydrogen-bond donors (Lipinski definition) is 1. The summed E-state index contributed by atoms with van der Waals surface area (Å²) in [6.07, 6.45) is 0.250. The number of amides is 1. The highest BCUT2D eigenvalue weighted by molar-refractivity contribution is 5.77. The van der Waals surface area contributed by atoms with Crippen molar-refractivity contribution in [2.45, 2.75) is 25.1 Å². The predicted octanol–water partition coefficient (Wildman–Crippen LogP) is 2.59. The second-order valence-electron chi connectivity index (χ2n) is 7.78. The van der Waals surface area contributed by atoms with E-state index < -0.39 is 0 Å². The lowest BCUT2D eigenvalue weighted by atomic mass is 10.0. The molecule has 1 amide bonds. The zero-order valence-electron chi connectivity index (χ0n) is 16.6. The van der Waals surface area contributed by atoms with E-state index in [1.54, 1.807) is 6.07 Å². The number of piperazine rings is 1. The Morgan fingerprint density at radius 3 is 2.83 bits per heavy atom. The van der Waals surface area contributed by atoms with Gasteiger partial charge in [0.25, 0.3) is 0 Å².